The molecular formula is C22H24N4O3. The molecule has 3 amide bonds. The summed E-state index contributed by atoms with van der Waals surface area (Å²) >= 11 is 0. The van der Waals surface area contributed by atoms with Crippen molar-refractivity contribution in [3.8, 4) is 0 Å². The normalized spacial score (nSPS) is 13.6. The zero-order valence-corrected chi connectivity index (χ0v) is 16.4. The molecule has 0 unspecified atom stereocenters. The minimum absolute atomic E-state index is 0.0669. The number of carbonyl (C=O) groups is 3. The Morgan fingerprint density at radius 1 is 1.00 bits per heavy atom. The molecule has 7 heteroatoms. The number of amides is 3. The van der Waals surface area contributed by atoms with Gasteiger partial charge in [-0.15, -0.1) is 0 Å². The number of hydrogen-bond acceptors (Lipinski definition) is 4. The van der Waals surface area contributed by atoms with Crippen molar-refractivity contribution < 1.29 is 14.4 Å². The van der Waals surface area contributed by atoms with Crippen molar-refractivity contribution >= 4 is 34.8 Å². The molecule has 1 aliphatic heterocycles. The Hall–Kier alpha value is -3.48. The maximum atomic E-state index is 12.6. The van der Waals surface area contributed by atoms with Gasteiger partial charge in [-0.1, -0.05) is 43.3 Å². The molecule has 150 valence electrons. The average molecular weight is 392 g/mol. The van der Waals surface area contributed by atoms with Gasteiger partial charge in [0.05, 0.1) is 6.54 Å². The number of hydrazone groups is 1. The molecular weight excluding hydrogens is 368 g/mol. The van der Waals surface area contributed by atoms with E-state index < -0.39 is 0 Å². The zero-order valence-electron chi connectivity index (χ0n) is 16.4. The van der Waals surface area contributed by atoms with Crippen molar-refractivity contribution in [1.82, 2.24) is 5.01 Å². The molecule has 0 saturated carbocycles. The summed E-state index contributed by atoms with van der Waals surface area (Å²) in [4.78, 5) is 36.6. The van der Waals surface area contributed by atoms with E-state index in [-0.39, 0.29) is 24.1 Å². The first-order valence-electron chi connectivity index (χ1n) is 9.68. The largest absolute Gasteiger partial charge is 0.326 e. The minimum atomic E-state index is -0.354. The number of nitrogens with one attached hydrogen (secondary N) is 2. The second-order valence-electron chi connectivity index (χ2n) is 6.82. The number of nitrogens with zero attached hydrogens (tertiary/aromatic N) is 2. The lowest BCUT2D eigenvalue weighted by Gasteiger charge is -2.23. The summed E-state index contributed by atoms with van der Waals surface area (Å²) in [5.41, 5.74) is 2.42. The highest BCUT2D eigenvalue weighted by Gasteiger charge is 2.24. The van der Waals surface area contributed by atoms with Crippen molar-refractivity contribution in [3.63, 3.8) is 0 Å². The van der Waals surface area contributed by atoms with Gasteiger partial charge in [-0.2, -0.15) is 5.10 Å². The van der Waals surface area contributed by atoms with Crippen molar-refractivity contribution in [2.24, 2.45) is 5.10 Å². The van der Waals surface area contributed by atoms with E-state index in [4.69, 9.17) is 0 Å². The summed E-state index contributed by atoms with van der Waals surface area (Å²) in [6.07, 6.45) is 1.74. The average Bonchev–Trinajstić information content (AvgIpc) is 2.71. The van der Waals surface area contributed by atoms with Gasteiger partial charge in [0.1, 0.15) is 5.71 Å². The Labute approximate surface area is 169 Å². The molecule has 3 rings (SSSR count). The molecule has 7 nitrogen and oxygen atoms in total. The van der Waals surface area contributed by atoms with E-state index in [1.807, 2.05) is 37.3 Å². The minimum Gasteiger partial charge on any atom is -0.326 e. The molecule has 2 aromatic carbocycles. The highest BCUT2D eigenvalue weighted by atomic mass is 16.2. The SMILES string of the molecule is CCCC(=O)Nc1cccc(NC(=O)C2=NN(Cc3ccccc3)C(=O)CC2)c1. The second-order valence-corrected chi connectivity index (χ2v) is 6.82. The van der Waals surface area contributed by atoms with Crippen molar-refractivity contribution in [1.29, 1.82) is 0 Å². The van der Waals surface area contributed by atoms with Crippen LogP contribution in [0.5, 0.6) is 0 Å². The van der Waals surface area contributed by atoms with Crippen LogP contribution >= 0.6 is 0 Å². The maximum absolute atomic E-state index is 12.6. The molecule has 2 aromatic rings. The number of rotatable bonds is 7. The summed E-state index contributed by atoms with van der Waals surface area (Å²) in [6, 6.07) is 16.5. The van der Waals surface area contributed by atoms with Gasteiger partial charge in [0.2, 0.25) is 11.8 Å². The fraction of sp³-hybridized carbons (Fsp3) is 0.273. The lowest BCUT2D eigenvalue weighted by atomic mass is 10.1. The summed E-state index contributed by atoms with van der Waals surface area (Å²) in [5.74, 6) is -0.527. The Bertz CT molecular complexity index is 925. The molecule has 2 N–H and O–H groups in total. The Balaban J connectivity index is 1.67. The van der Waals surface area contributed by atoms with Crippen LogP contribution in [-0.2, 0) is 20.9 Å². The van der Waals surface area contributed by atoms with E-state index in [1.54, 1.807) is 24.3 Å². The van der Waals surface area contributed by atoms with Gasteiger partial charge in [0.25, 0.3) is 5.91 Å². The third-order valence-electron chi connectivity index (χ3n) is 4.42. The first-order chi connectivity index (χ1) is 14.0. The molecule has 0 saturated heterocycles. The van der Waals surface area contributed by atoms with Gasteiger partial charge in [0.15, 0.2) is 0 Å². The van der Waals surface area contributed by atoms with E-state index >= 15 is 0 Å². The molecule has 0 aliphatic carbocycles. The molecule has 0 bridgehead atoms. The van der Waals surface area contributed by atoms with Crippen LogP contribution in [0.1, 0.15) is 38.2 Å². The van der Waals surface area contributed by atoms with E-state index in [1.165, 1.54) is 5.01 Å². The van der Waals surface area contributed by atoms with E-state index in [0.717, 1.165) is 12.0 Å². The maximum Gasteiger partial charge on any atom is 0.271 e. The van der Waals surface area contributed by atoms with Crippen LogP contribution in [0.25, 0.3) is 0 Å². The summed E-state index contributed by atoms with van der Waals surface area (Å²) in [5, 5.41) is 11.2. The van der Waals surface area contributed by atoms with Crippen LogP contribution in [0.15, 0.2) is 59.7 Å². The number of carbonyl (C=O) groups excluding carboxylic acids is 3. The lowest BCUT2D eigenvalue weighted by Crippen LogP contribution is -2.36. The molecule has 0 fully saturated rings. The third kappa shape index (κ3) is 5.75. The van der Waals surface area contributed by atoms with Gasteiger partial charge < -0.3 is 10.6 Å². The van der Waals surface area contributed by atoms with Crippen molar-refractivity contribution in [2.45, 2.75) is 39.2 Å². The number of benzene rings is 2. The predicted molar refractivity (Wildman–Crippen MR) is 112 cm³/mol. The second kappa shape index (κ2) is 9.64. The van der Waals surface area contributed by atoms with Crippen molar-refractivity contribution in [3.05, 3.63) is 60.2 Å². The topological polar surface area (TPSA) is 90.9 Å². The van der Waals surface area contributed by atoms with Crippen LogP contribution in [0.4, 0.5) is 11.4 Å². The Kier molecular flexibility index (Phi) is 6.73. The Morgan fingerprint density at radius 3 is 2.45 bits per heavy atom. The Morgan fingerprint density at radius 2 is 1.72 bits per heavy atom. The summed E-state index contributed by atoms with van der Waals surface area (Å²) in [7, 11) is 0. The molecule has 0 spiro atoms. The van der Waals surface area contributed by atoms with Gasteiger partial charge >= 0.3 is 0 Å². The van der Waals surface area contributed by atoms with Crippen LogP contribution in [0.2, 0.25) is 0 Å². The highest BCUT2D eigenvalue weighted by Crippen LogP contribution is 2.18. The van der Waals surface area contributed by atoms with Crippen LogP contribution in [-0.4, -0.2) is 28.4 Å². The first kappa shape index (κ1) is 20.3. The van der Waals surface area contributed by atoms with Crippen LogP contribution < -0.4 is 10.6 Å². The fourth-order valence-electron chi connectivity index (χ4n) is 2.97. The molecule has 0 atom stereocenters. The third-order valence-corrected chi connectivity index (χ3v) is 4.42. The fourth-order valence-corrected chi connectivity index (χ4v) is 2.97. The molecule has 1 heterocycles. The van der Waals surface area contributed by atoms with E-state index in [9.17, 15) is 14.4 Å². The van der Waals surface area contributed by atoms with Crippen molar-refractivity contribution in [2.75, 3.05) is 10.6 Å². The lowest BCUT2D eigenvalue weighted by molar-refractivity contribution is -0.132. The molecule has 29 heavy (non-hydrogen) atoms. The van der Waals surface area contributed by atoms with E-state index in [0.29, 0.717) is 36.5 Å². The van der Waals surface area contributed by atoms with Gasteiger partial charge in [-0.3, -0.25) is 14.4 Å². The molecule has 1 aliphatic rings. The number of hydrogen-bond donors (Lipinski definition) is 2. The molecule has 0 aromatic heterocycles. The van der Waals surface area contributed by atoms with E-state index in [2.05, 4.69) is 15.7 Å². The smallest absolute Gasteiger partial charge is 0.271 e. The van der Waals surface area contributed by atoms with Gasteiger partial charge in [0, 0.05) is 30.6 Å². The summed E-state index contributed by atoms with van der Waals surface area (Å²) < 4.78 is 0. The standard InChI is InChI=1S/C22H24N4O3/c1-2-7-20(27)23-17-10-6-11-18(14-17)24-22(29)19-12-13-21(28)26(25-19)15-16-8-4-3-5-9-16/h3-6,8-11,14H,2,7,12-13,15H2,1H3,(H,23,27)(H,24,29). The predicted octanol–water partition coefficient (Wildman–Crippen LogP) is 3.54. The number of anilines is 2. The summed E-state index contributed by atoms with van der Waals surface area (Å²) in [6.45, 7) is 2.27. The highest BCUT2D eigenvalue weighted by molar-refractivity contribution is 6.43. The van der Waals surface area contributed by atoms with Crippen LogP contribution in [0, 0.1) is 0 Å². The molecule has 0 radical (unpaired) electrons. The van der Waals surface area contributed by atoms with Crippen LogP contribution in [0.3, 0.4) is 0 Å². The quantitative estimate of drug-likeness (QED) is 0.755. The van der Waals surface area contributed by atoms with Gasteiger partial charge in [-0.05, 0) is 30.2 Å². The van der Waals surface area contributed by atoms with Gasteiger partial charge in [-0.25, -0.2) is 5.01 Å². The monoisotopic (exact) mass is 392 g/mol. The first-order valence-corrected chi connectivity index (χ1v) is 9.68. The zero-order chi connectivity index (χ0) is 20.6.